The molecule has 96 valence electrons. The minimum absolute atomic E-state index is 0.149. The van der Waals surface area contributed by atoms with Gasteiger partial charge in [0.15, 0.2) is 5.78 Å². The first-order valence-electron chi connectivity index (χ1n) is 6.02. The minimum atomic E-state index is -0.937. The maximum atomic E-state index is 12.4. The van der Waals surface area contributed by atoms with Crippen molar-refractivity contribution in [2.24, 2.45) is 0 Å². The number of aliphatic carboxylic acids is 1. The van der Waals surface area contributed by atoms with Crippen LogP contribution in [0.1, 0.15) is 34.3 Å². The summed E-state index contributed by atoms with van der Waals surface area (Å²) >= 11 is 0. The fourth-order valence-electron chi connectivity index (χ4n) is 1.96. The van der Waals surface area contributed by atoms with Gasteiger partial charge in [-0.3, -0.25) is 9.59 Å². The Bertz CT molecular complexity index is 602. The van der Waals surface area contributed by atoms with Crippen LogP contribution in [0.2, 0.25) is 0 Å². The van der Waals surface area contributed by atoms with Crippen molar-refractivity contribution in [3.63, 3.8) is 0 Å². The highest BCUT2D eigenvalue weighted by Gasteiger charge is 2.21. The van der Waals surface area contributed by atoms with Crippen LogP contribution in [0.4, 0.5) is 0 Å². The highest BCUT2D eigenvalue weighted by molar-refractivity contribution is 6.10. The zero-order valence-electron chi connectivity index (χ0n) is 10.5. The fourth-order valence-corrected chi connectivity index (χ4v) is 1.96. The Morgan fingerprint density at radius 1 is 0.947 bits per heavy atom. The van der Waals surface area contributed by atoms with Crippen molar-refractivity contribution in [3.8, 4) is 0 Å². The van der Waals surface area contributed by atoms with Crippen LogP contribution in [0.15, 0.2) is 54.6 Å². The Hall–Kier alpha value is -2.42. The molecule has 0 spiro atoms. The number of rotatable bonds is 4. The van der Waals surface area contributed by atoms with Crippen LogP contribution < -0.4 is 0 Å². The molecule has 1 N–H and O–H groups in total. The molecule has 0 aliphatic rings. The van der Waals surface area contributed by atoms with Crippen molar-refractivity contribution in [2.75, 3.05) is 0 Å². The van der Waals surface area contributed by atoms with Crippen LogP contribution in [0.5, 0.6) is 0 Å². The van der Waals surface area contributed by atoms with Crippen LogP contribution in [-0.4, -0.2) is 16.9 Å². The van der Waals surface area contributed by atoms with E-state index in [1.807, 2.05) is 6.07 Å². The summed E-state index contributed by atoms with van der Waals surface area (Å²) in [4.78, 5) is 23.5. The van der Waals surface area contributed by atoms with E-state index in [-0.39, 0.29) is 5.78 Å². The minimum Gasteiger partial charge on any atom is -0.481 e. The second-order valence-electron chi connectivity index (χ2n) is 4.34. The van der Waals surface area contributed by atoms with Crippen molar-refractivity contribution in [1.29, 1.82) is 0 Å². The molecule has 3 nitrogen and oxygen atoms in total. The van der Waals surface area contributed by atoms with Gasteiger partial charge in [-0.25, -0.2) is 0 Å². The summed E-state index contributed by atoms with van der Waals surface area (Å²) in [6, 6.07) is 15.7. The monoisotopic (exact) mass is 254 g/mol. The maximum absolute atomic E-state index is 12.4. The Balaban J connectivity index is 2.46. The van der Waals surface area contributed by atoms with Gasteiger partial charge in [0, 0.05) is 11.1 Å². The van der Waals surface area contributed by atoms with Gasteiger partial charge in [-0.2, -0.15) is 0 Å². The van der Waals surface area contributed by atoms with E-state index < -0.39 is 11.9 Å². The third-order valence-corrected chi connectivity index (χ3v) is 3.08. The van der Waals surface area contributed by atoms with Gasteiger partial charge in [-0.1, -0.05) is 54.6 Å². The molecule has 0 aliphatic heterocycles. The molecule has 2 aromatic carbocycles. The lowest BCUT2D eigenvalue weighted by Gasteiger charge is -2.12. The first kappa shape index (κ1) is 13.0. The SMILES string of the molecule is CC(C(=O)O)c1ccccc1C(=O)c1ccccc1. The zero-order chi connectivity index (χ0) is 13.8. The number of carbonyl (C=O) groups excluding carboxylic acids is 1. The molecule has 0 heterocycles. The van der Waals surface area contributed by atoms with E-state index in [2.05, 4.69) is 0 Å². The molecule has 0 aromatic heterocycles. The van der Waals surface area contributed by atoms with E-state index in [9.17, 15) is 9.59 Å². The van der Waals surface area contributed by atoms with Crippen molar-refractivity contribution in [3.05, 3.63) is 71.3 Å². The smallest absolute Gasteiger partial charge is 0.310 e. The molecular formula is C16H14O3. The van der Waals surface area contributed by atoms with Crippen LogP contribution in [0.3, 0.4) is 0 Å². The molecule has 0 radical (unpaired) electrons. The van der Waals surface area contributed by atoms with E-state index in [0.717, 1.165) is 0 Å². The third kappa shape index (κ3) is 2.71. The second-order valence-corrected chi connectivity index (χ2v) is 4.34. The summed E-state index contributed by atoms with van der Waals surface area (Å²) in [5.74, 6) is -1.79. The predicted octanol–water partition coefficient (Wildman–Crippen LogP) is 3.11. The lowest BCUT2D eigenvalue weighted by molar-refractivity contribution is -0.138. The summed E-state index contributed by atoms with van der Waals surface area (Å²) in [6.45, 7) is 1.58. The number of carbonyl (C=O) groups is 2. The Morgan fingerprint density at radius 3 is 2.16 bits per heavy atom. The number of hydrogen-bond donors (Lipinski definition) is 1. The predicted molar refractivity (Wildman–Crippen MR) is 72.4 cm³/mol. The molecule has 0 fully saturated rings. The average molecular weight is 254 g/mol. The number of hydrogen-bond acceptors (Lipinski definition) is 2. The molecule has 0 saturated heterocycles. The Labute approximate surface area is 111 Å². The van der Waals surface area contributed by atoms with Gasteiger partial charge in [0.1, 0.15) is 0 Å². The summed E-state index contributed by atoms with van der Waals surface area (Å²) < 4.78 is 0. The topological polar surface area (TPSA) is 54.4 Å². The van der Waals surface area contributed by atoms with Crippen LogP contribution in [-0.2, 0) is 4.79 Å². The molecule has 2 aromatic rings. The fraction of sp³-hybridized carbons (Fsp3) is 0.125. The number of ketones is 1. The van der Waals surface area contributed by atoms with Crippen LogP contribution >= 0.6 is 0 Å². The largest absolute Gasteiger partial charge is 0.481 e. The first-order valence-corrected chi connectivity index (χ1v) is 6.02. The van der Waals surface area contributed by atoms with E-state index in [4.69, 9.17) is 5.11 Å². The van der Waals surface area contributed by atoms with Crippen molar-refractivity contribution in [1.82, 2.24) is 0 Å². The van der Waals surface area contributed by atoms with E-state index >= 15 is 0 Å². The molecule has 3 heteroatoms. The molecule has 0 saturated carbocycles. The molecule has 2 rings (SSSR count). The molecule has 19 heavy (non-hydrogen) atoms. The van der Waals surface area contributed by atoms with Gasteiger partial charge >= 0.3 is 5.97 Å². The lowest BCUT2D eigenvalue weighted by Crippen LogP contribution is -2.13. The van der Waals surface area contributed by atoms with Gasteiger partial charge in [-0.05, 0) is 12.5 Å². The molecule has 0 aliphatic carbocycles. The van der Waals surface area contributed by atoms with Crippen molar-refractivity contribution in [2.45, 2.75) is 12.8 Å². The zero-order valence-corrected chi connectivity index (χ0v) is 10.5. The number of carboxylic acid groups (broad SMARTS) is 1. The van der Waals surface area contributed by atoms with Gasteiger partial charge in [0.2, 0.25) is 0 Å². The molecule has 1 atom stereocenters. The first-order chi connectivity index (χ1) is 9.11. The van der Waals surface area contributed by atoms with Crippen LogP contribution in [0, 0.1) is 0 Å². The highest BCUT2D eigenvalue weighted by Crippen LogP contribution is 2.22. The summed E-state index contributed by atoms with van der Waals surface area (Å²) in [6.07, 6.45) is 0. The highest BCUT2D eigenvalue weighted by atomic mass is 16.4. The van der Waals surface area contributed by atoms with Gasteiger partial charge in [-0.15, -0.1) is 0 Å². The summed E-state index contributed by atoms with van der Waals surface area (Å²) in [5, 5.41) is 9.10. The van der Waals surface area contributed by atoms with Crippen LogP contribution in [0.25, 0.3) is 0 Å². The van der Waals surface area contributed by atoms with E-state index in [1.54, 1.807) is 55.5 Å². The number of benzene rings is 2. The molecular weight excluding hydrogens is 240 g/mol. The summed E-state index contributed by atoms with van der Waals surface area (Å²) in [7, 11) is 0. The Kier molecular flexibility index (Phi) is 3.76. The Morgan fingerprint density at radius 2 is 1.53 bits per heavy atom. The lowest BCUT2D eigenvalue weighted by atomic mass is 9.91. The standard InChI is InChI=1S/C16H14O3/c1-11(16(18)19)13-9-5-6-10-14(13)15(17)12-7-3-2-4-8-12/h2-11H,1H3,(H,18,19). The normalized spacial score (nSPS) is 11.8. The average Bonchev–Trinajstić information content (AvgIpc) is 2.46. The second kappa shape index (κ2) is 5.48. The maximum Gasteiger partial charge on any atom is 0.310 e. The number of carboxylic acids is 1. The van der Waals surface area contributed by atoms with Gasteiger partial charge in [0.25, 0.3) is 0 Å². The van der Waals surface area contributed by atoms with Gasteiger partial charge in [0.05, 0.1) is 5.92 Å². The van der Waals surface area contributed by atoms with Gasteiger partial charge < -0.3 is 5.11 Å². The van der Waals surface area contributed by atoms with Crippen molar-refractivity contribution >= 4 is 11.8 Å². The third-order valence-electron chi connectivity index (χ3n) is 3.08. The molecule has 0 bridgehead atoms. The summed E-state index contributed by atoms with van der Waals surface area (Å²) in [5.41, 5.74) is 1.56. The van der Waals surface area contributed by atoms with Crippen molar-refractivity contribution < 1.29 is 14.7 Å². The van der Waals surface area contributed by atoms with E-state index in [0.29, 0.717) is 16.7 Å². The van der Waals surface area contributed by atoms with E-state index in [1.165, 1.54) is 0 Å². The molecule has 0 amide bonds. The molecule has 1 unspecified atom stereocenters. The quantitative estimate of drug-likeness (QED) is 0.853.